The van der Waals surface area contributed by atoms with E-state index in [0.717, 1.165) is 55.6 Å². The molecule has 2 rings (SSSR count). The lowest BCUT2D eigenvalue weighted by Gasteiger charge is -2.38. The van der Waals surface area contributed by atoms with Crippen molar-refractivity contribution in [1.82, 2.24) is 5.32 Å². The molecule has 0 aliphatic carbocycles. The Labute approximate surface area is 135 Å². The lowest BCUT2D eigenvalue weighted by Crippen LogP contribution is -2.42. The van der Waals surface area contributed by atoms with Crippen LogP contribution >= 0.6 is 15.9 Å². The Balaban J connectivity index is 2.09. The van der Waals surface area contributed by atoms with Crippen molar-refractivity contribution in [3.63, 3.8) is 0 Å². The summed E-state index contributed by atoms with van der Waals surface area (Å²) >= 11 is 3.44. The van der Waals surface area contributed by atoms with Gasteiger partial charge >= 0.3 is 0 Å². The molecule has 21 heavy (non-hydrogen) atoms. The lowest BCUT2D eigenvalue weighted by molar-refractivity contribution is 0.0143. The molecule has 1 aromatic carbocycles. The van der Waals surface area contributed by atoms with E-state index in [1.54, 1.807) is 12.1 Å². The van der Waals surface area contributed by atoms with E-state index in [-0.39, 0.29) is 11.2 Å². The SMILES string of the molecule is CC(C)CNCC1(Cc2cc(Br)ccc2F)CCOCC1. The average Bonchev–Trinajstić information content (AvgIpc) is 2.43. The zero-order valence-corrected chi connectivity index (χ0v) is 14.5. The van der Waals surface area contributed by atoms with Crippen LogP contribution in [0.5, 0.6) is 0 Å². The second-order valence-corrected chi connectivity index (χ2v) is 7.47. The second-order valence-electron chi connectivity index (χ2n) is 6.55. The summed E-state index contributed by atoms with van der Waals surface area (Å²) in [6.45, 7) is 7.90. The van der Waals surface area contributed by atoms with Gasteiger partial charge in [0, 0.05) is 24.2 Å². The van der Waals surface area contributed by atoms with Crippen molar-refractivity contribution < 1.29 is 9.13 Å². The minimum Gasteiger partial charge on any atom is -0.381 e. The van der Waals surface area contributed by atoms with Crippen LogP contribution in [0.25, 0.3) is 0 Å². The van der Waals surface area contributed by atoms with Gasteiger partial charge in [-0.3, -0.25) is 0 Å². The van der Waals surface area contributed by atoms with Crippen LogP contribution in [0.3, 0.4) is 0 Å². The summed E-state index contributed by atoms with van der Waals surface area (Å²) < 4.78 is 20.5. The van der Waals surface area contributed by atoms with E-state index in [9.17, 15) is 4.39 Å². The quantitative estimate of drug-likeness (QED) is 0.824. The van der Waals surface area contributed by atoms with Crippen molar-refractivity contribution in [3.05, 3.63) is 34.1 Å². The Hall–Kier alpha value is -0.450. The summed E-state index contributed by atoms with van der Waals surface area (Å²) in [6.07, 6.45) is 2.75. The van der Waals surface area contributed by atoms with Crippen molar-refractivity contribution in [3.8, 4) is 0 Å². The minimum absolute atomic E-state index is 0.104. The third-order valence-corrected chi connectivity index (χ3v) is 4.67. The maximum Gasteiger partial charge on any atom is 0.126 e. The number of rotatable bonds is 6. The fourth-order valence-electron chi connectivity index (χ4n) is 2.93. The zero-order chi connectivity index (χ0) is 15.3. The highest BCUT2D eigenvalue weighted by Gasteiger charge is 2.33. The molecule has 4 heteroatoms. The lowest BCUT2D eigenvalue weighted by atomic mass is 9.75. The monoisotopic (exact) mass is 357 g/mol. The Morgan fingerprint density at radius 1 is 1.33 bits per heavy atom. The Morgan fingerprint density at radius 2 is 2.05 bits per heavy atom. The van der Waals surface area contributed by atoms with E-state index in [4.69, 9.17) is 4.74 Å². The van der Waals surface area contributed by atoms with Gasteiger partial charge in [0.15, 0.2) is 0 Å². The van der Waals surface area contributed by atoms with Crippen molar-refractivity contribution in [2.45, 2.75) is 33.1 Å². The molecule has 0 amide bonds. The van der Waals surface area contributed by atoms with E-state index >= 15 is 0 Å². The molecule has 1 aliphatic heterocycles. The van der Waals surface area contributed by atoms with Gasteiger partial charge in [-0.2, -0.15) is 0 Å². The van der Waals surface area contributed by atoms with Crippen molar-refractivity contribution in [2.24, 2.45) is 11.3 Å². The molecule has 1 heterocycles. The zero-order valence-electron chi connectivity index (χ0n) is 12.9. The molecule has 0 radical (unpaired) electrons. The van der Waals surface area contributed by atoms with E-state index < -0.39 is 0 Å². The van der Waals surface area contributed by atoms with E-state index in [1.807, 2.05) is 6.07 Å². The maximum absolute atomic E-state index is 14.1. The Morgan fingerprint density at radius 3 is 2.71 bits per heavy atom. The van der Waals surface area contributed by atoms with Gasteiger partial charge in [-0.05, 0) is 60.9 Å². The first-order chi connectivity index (χ1) is 10.0. The standard InChI is InChI=1S/C17H25BrFNO/c1-13(2)11-20-12-17(5-7-21-8-6-17)10-14-9-15(18)3-4-16(14)19/h3-4,9,13,20H,5-8,10-12H2,1-2H3. The second kappa shape index (κ2) is 7.70. The highest BCUT2D eigenvalue weighted by Crippen LogP contribution is 2.35. The van der Waals surface area contributed by atoms with Gasteiger partial charge < -0.3 is 10.1 Å². The van der Waals surface area contributed by atoms with Crippen LogP contribution < -0.4 is 5.32 Å². The first kappa shape index (κ1) is 16.9. The van der Waals surface area contributed by atoms with Crippen molar-refractivity contribution in [2.75, 3.05) is 26.3 Å². The van der Waals surface area contributed by atoms with E-state index in [1.165, 1.54) is 0 Å². The van der Waals surface area contributed by atoms with Gasteiger partial charge in [0.1, 0.15) is 5.82 Å². The average molecular weight is 358 g/mol. The van der Waals surface area contributed by atoms with E-state index in [2.05, 4.69) is 35.1 Å². The smallest absolute Gasteiger partial charge is 0.126 e. The van der Waals surface area contributed by atoms with Crippen molar-refractivity contribution in [1.29, 1.82) is 0 Å². The predicted molar refractivity (Wildman–Crippen MR) is 88.0 cm³/mol. The number of benzene rings is 1. The molecule has 1 fully saturated rings. The van der Waals surface area contributed by atoms with Gasteiger partial charge in [-0.1, -0.05) is 29.8 Å². The molecule has 0 bridgehead atoms. The number of nitrogens with one attached hydrogen (secondary N) is 1. The maximum atomic E-state index is 14.1. The minimum atomic E-state index is -0.104. The number of hydrogen-bond donors (Lipinski definition) is 1. The van der Waals surface area contributed by atoms with E-state index in [0.29, 0.717) is 5.92 Å². The van der Waals surface area contributed by atoms with Gasteiger partial charge in [-0.25, -0.2) is 4.39 Å². The summed E-state index contributed by atoms with van der Waals surface area (Å²) in [5.41, 5.74) is 0.909. The van der Waals surface area contributed by atoms with Crippen LogP contribution in [0.15, 0.2) is 22.7 Å². The van der Waals surface area contributed by atoms with Crippen LogP contribution in [0, 0.1) is 17.2 Å². The van der Waals surface area contributed by atoms with Crippen molar-refractivity contribution >= 4 is 15.9 Å². The van der Waals surface area contributed by atoms with Crippen LogP contribution in [0.4, 0.5) is 4.39 Å². The topological polar surface area (TPSA) is 21.3 Å². The highest BCUT2D eigenvalue weighted by atomic mass is 79.9. The van der Waals surface area contributed by atoms with Gasteiger partial charge in [0.2, 0.25) is 0 Å². The summed E-state index contributed by atoms with van der Waals surface area (Å²) in [5, 5.41) is 3.56. The van der Waals surface area contributed by atoms with Gasteiger partial charge in [0.25, 0.3) is 0 Å². The third-order valence-electron chi connectivity index (χ3n) is 4.18. The number of halogens is 2. The molecule has 0 unspecified atom stereocenters. The highest BCUT2D eigenvalue weighted by molar-refractivity contribution is 9.10. The molecular weight excluding hydrogens is 333 g/mol. The predicted octanol–water partition coefficient (Wildman–Crippen LogP) is 4.17. The Kier molecular flexibility index (Phi) is 6.20. The van der Waals surface area contributed by atoms with Gasteiger partial charge in [0.05, 0.1) is 0 Å². The molecule has 1 aromatic rings. The summed E-state index contributed by atoms with van der Waals surface area (Å²) in [7, 11) is 0. The first-order valence-electron chi connectivity index (χ1n) is 7.73. The summed E-state index contributed by atoms with van der Waals surface area (Å²) in [4.78, 5) is 0. The molecule has 1 aliphatic rings. The molecular formula is C17H25BrFNO. The summed E-state index contributed by atoms with van der Waals surface area (Å²) in [6, 6.07) is 5.22. The summed E-state index contributed by atoms with van der Waals surface area (Å²) in [5.74, 6) is 0.525. The molecule has 0 atom stereocenters. The molecule has 118 valence electrons. The molecule has 1 saturated heterocycles. The molecule has 0 saturated carbocycles. The molecule has 0 spiro atoms. The Bertz CT molecular complexity index is 458. The van der Waals surface area contributed by atoms with Crippen LogP contribution in [-0.2, 0) is 11.2 Å². The number of ether oxygens (including phenoxy) is 1. The third kappa shape index (κ3) is 5.04. The first-order valence-corrected chi connectivity index (χ1v) is 8.52. The fourth-order valence-corrected chi connectivity index (χ4v) is 3.34. The number of hydrogen-bond acceptors (Lipinski definition) is 2. The fraction of sp³-hybridized carbons (Fsp3) is 0.647. The largest absolute Gasteiger partial charge is 0.381 e. The van der Waals surface area contributed by atoms with Crippen LogP contribution in [0.1, 0.15) is 32.3 Å². The normalized spacial score (nSPS) is 18.1. The van der Waals surface area contributed by atoms with Crippen LogP contribution in [0.2, 0.25) is 0 Å². The molecule has 1 N–H and O–H groups in total. The van der Waals surface area contributed by atoms with Gasteiger partial charge in [-0.15, -0.1) is 0 Å². The van der Waals surface area contributed by atoms with Crippen LogP contribution in [-0.4, -0.2) is 26.3 Å². The molecule has 0 aromatic heterocycles. The molecule has 2 nitrogen and oxygen atoms in total.